The van der Waals surface area contributed by atoms with E-state index in [-0.39, 0.29) is 24.3 Å². The molecule has 0 spiro atoms. The summed E-state index contributed by atoms with van der Waals surface area (Å²) in [5.74, 6) is -6.05. The van der Waals surface area contributed by atoms with Gasteiger partial charge in [-0.2, -0.15) is 67.3 Å². The molecule has 2 amide bonds. The van der Waals surface area contributed by atoms with Crippen LogP contribution in [0.1, 0.15) is 36.6 Å². The van der Waals surface area contributed by atoms with Gasteiger partial charge >= 0.3 is 0 Å². The Morgan fingerprint density at radius 2 is 0.635 bits per heavy atom. The maximum Gasteiger partial charge on any atom is 0.296 e. The van der Waals surface area contributed by atoms with E-state index < -0.39 is 204 Å². The molecule has 0 saturated heterocycles. The molecule has 0 radical (unpaired) electrons. The van der Waals surface area contributed by atoms with Crippen molar-refractivity contribution in [2.75, 3.05) is 22.1 Å². The number of hydrogen-bond donors (Lipinski definition) is 12. The summed E-state index contributed by atoms with van der Waals surface area (Å²) in [5.41, 5.74) is 0.993. The number of carbonyl (C=O) groups is 3. The van der Waals surface area contributed by atoms with Crippen molar-refractivity contribution in [3.05, 3.63) is 95.1 Å². The van der Waals surface area contributed by atoms with Gasteiger partial charge in [-0.25, -0.2) is 0 Å². The second-order valence-electron chi connectivity index (χ2n) is 14.8. The predicted octanol–water partition coefficient (Wildman–Crippen LogP) is 0.867. The zero-order chi connectivity index (χ0) is 56.2. The first kappa shape index (κ1) is 56.6. The van der Waals surface area contributed by atoms with Gasteiger partial charge in [0.1, 0.15) is 19.6 Å². The van der Waals surface area contributed by atoms with Crippen LogP contribution in [0.15, 0.2) is 112 Å². The lowest BCUT2D eigenvalue weighted by Gasteiger charge is -2.19. The molecular formula is C35H26N4O27S8. The van der Waals surface area contributed by atoms with Crippen LogP contribution >= 0.6 is 0 Å². The summed E-state index contributed by atoms with van der Waals surface area (Å²) in [5, 5.41) is -0.342. The van der Waals surface area contributed by atoms with Gasteiger partial charge in [-0.05, 0) is 83.6 Å². The molecule has 0 aromatic heterocycles. The molecule has 0 aliphatic carbocycles. The van der Waals surface area contributed by atoms with Crippen molar-refractivity contribution in [1.29, 1.82) is 0 Å². The van der Waals surface area contributed by atoms with E-state index in [0.717, 1.165) is 0 Å². The molecule has 0 aliphatic heterocycles. The summed E-state index contributed by atoms with van der Waals surface area (Å²) in [6.45, 7) is 0. The third-order valence-electron chi connectivity index (χ3n) is 10.0. The number of amides is 2. The van der Waals surface area contributed by atoms with Gasteiger partial charge in [0.2, 0.25) is 0 Å². The fourth-order valence-corrected chi connectivity index (χ4v) is 12.8. The molecule has 39 heteroatoms. The second-order valence-corrected chi connectivity index (χ2v) is 26.0. The lowest BCUT2D eigenvalue weighted by atomic mass is 9.96. The number of carbonyl (C=O) groups excluding carboxylic acids is 3. The van der Waals surface area contributed by atoms with Gasteiger partial charge < -0.3 is 22.1 Å². The first-order chi connectivity index (χ1) is 33.3. The third-order valence-corrected chi connectivity index (χ3v) is 17.0. The van der Waals surface area contributed by atoms with Gasteiger partial charge in [-0.1, -0.05) is 0 Å². The van der Waals surface area contributed by atoms with Crippen molar-refractivity contribution in [1.82, 2.24) is 0 Å². The highest BCUT2D eigenvalue weighted by Gasteiger charge is 2.37. The van der Waals surface area contributed by atoms with Crippen molar-refractivity contribution >= 4 is 143 Å². The second kappa shape index (κ2) is 18.3. The molecule has 0 saturated carbocycles. The minimum atomic E-state index is -6.15. The highest BCUT2D eigenvalue weighted by atomic mass is 32.2. The lowest BCUT2D eigenvalue weighted by Crippen LogP contribution is -2.24. The summed E-state index contributed by atoms with van der Waals surface area (Å²) >= 11 is 0. The van der Waals surface area contributed by atoms with E-state index in [2.05, 4.69) is 0 Å². The molecular weight excluding hydrogens is 1160 g/mol. The van der Waals surface area contributed by atoms with Crippen LogP contribution in [-0.2, 0) is 80.9 Å². The number of hydrogen-bond acceptors (Lipinski definition) is 21. The predicted molar refractivity (Wildman–Crippen MR) is 247 cm³/mol. The van der Waals surface area contributed by atoms with Crippen LogP contribution in [0.5, 0.6) is 0 Å². The molecule has 74 heavy (non-hydrogen) atoms. The fourth-order valence-electron chi connectivity index (χ4n) is 7.11. The minimum Gasteiger partial charge on any atom is -0.398 e. The SMILES string of the molecule is Nc1ccc(C(=O)Nc2cc(S(=O)(=O)O)cc3cc(S(=O)(=O)O)cc(S(=O)(=O)O)c23)c(S(=O)(=O)O)c1C(=O)c1c(N)ccc(C(=O)Nc2cc(S(=O)(=O)O)cc3cc(S(=O)(=O)O)cc(S(=O)(=O)O)c23)c1S(=O)(=O)O. The molecule has 0 heterocycles. The van der Waals surface area contributed by atoms with E-state index in [1.54, 1.807) is 10.6 Å². The number of ketones is 1. The van der Waals surface area contributed by atoms with Crippen molar-refractivity contribution in [3.8, 4) is 0 Å². The van der Waals surface area contributed by atoms with Crippen LogP contribution in [0.2, 0.25) is 0 Å². The van der Waals surface area contributed by atoms with Gasteiger partial charge in [0.05, 0.1) is 53.2 Å². The van der Waals surface area contributed by atoms with Crippen LogP contribution in [0.4, 0.5) is 22.7 Å². The molecule has 6 rings (SSSR count). The summed E-state index contributed by atoms with van der Waals surface area (Å²) < 4.78 is 280. The van der Waals surface area contributed by atoms with Crippen LogP contribution in [0.25, 0.3) is 21.5 Å². The first-order valence-corrected chi connectivity index (χ1v) is 29.9. The largest absolute Gasteiger partial charge is 0.398 e. The Hall–Kier alpha value is -6.67. The van der Waals surface area contributed by atoms with Gasteiger partial charge in [0.25, 0.3) is 92.8 Å². The number of anilines is 4. The van der Waals surface area contributed by atoms with Crippen LogP contribution in [0.3, 0.4) is 0 Å². The number of nitrogens with two attached hydrogens (primary N) is 2. The Kier molecular flexibility index (Phi) is 14.0. The quantitative estimate of drug-likeness (QED) is 0.0409. The topological polar surface area (TPSA) is 562 Å². The van der Waals surface area contributed by atoms with Gasteiger partial charge in [0, 0.05) is 22.1 Å². The highest BCUT2D eigenvalue weighted by Crippen LogP contribution is 2.40. The smallest absolute Gasteiger partial charge is 0.296 e. The van der Waals surface area contributed by atoms with Crippen molar-refractivity contribution in [2.45, 2.75) is 39.2 Å². The monoisotopic (exact) mass is 1190 g/mol. The molecule has 0 unspecified atom stereocenters. The van der Waals surface area contributed by atoms with Crippen molar-refractivity contribution in [2.24, 2.45) is 0 Å². The van der Waals surface area contributed by atoms with Crippen LogP contribution in [0, 0.1) is 0 Å². The Morgan fingerprint density at radius 1 is 0.365 bits per heavy atom. The number of rotatable bonds is 14. The molecule has 14 N–H and O–H groups in total. The van der Waals surface area contributed by atoms with E-state index >= 15 is 0 Å². The number of benzene rings is 6. The normalized spacial score (nSPS) is 13.2. The molecule has 0 fully saturated rings. The Bertz CT molecular complexity index is 4240. The molecule has 31 nitrogen and oxygen atoms in total. The summed E-state index contributed by atoms with van der Waals surface area (Å²) in [7, 11) is -45.4. The Labute approximate surface area is 414 Å². The maximum absolute atomic E-state index is 14.6. The fraction of sp³-hybridized carbons (Fsp3) is 0. The highest BCUT2D eigenvalue weighted by molar-refractivity contribution is 7.88. The van der Waals surface area contributed by atoms with Gasteiger partial charge in [0.15, 0.2) is 5.78 Å². The van der Waals surface area contributed by atoms with Gasteiger partial charge in [-0.15, -0.1) is 0 Å². The van der Waals surface area contributed by atoms with Crippen LogP contribution < -0.4 is 22.1 Å². The van der Waals surface area contributed by atoms with Crippen LogP contribution in [-0.4, -0.2) is 121 Å². The summed E-state index contributed by atoms with van der Waals surface area (Å²) in [6.07, 6.45) is 0. The standard InChI is InChI=1S/C35H26N4O27S8/c36-21-3-1-19(34(41)38-23-9-15(67(43,44)45)5-13-7-17(69(49,50)51)11-25(27(13)23)71(55,56)57)32(73(61,62)63)29(21)31(40)30-22(37)4-2-20(33(30)74(64,65)66)35(42)39-24-10-16(68(46,47)48)6-14-8-18(70(52,53)54)12-26(28(14)24)72(58,59)60/h1-12H,36-37H2,(H,38,41)(H,39,42)(H,43,44,45)(H,46,47,48)(H,49,50,51)(H,52,53,54)(H,55,56,57)(H,58,59,60)(H,61,62,63)(H,64,65,66). The van der Waals surface area contributed by atoms with E-state index in [0.29, 0.717) is 48.5 Å². The zero-order valence-corrected chi connectivity index (χ0v) is 41.7. The Balaban J connectivity index is 1.61. The van der Waals surface area contributed by atoms with E-state index in [4.69, 9.17) is 11.5 Å². The zero-order valence-electron chi connectivity index (χ0n) is 35.2. The van der Waals surface area contributed by atoms with Gasteiger partial charge in [-0.3, -0.25) is 50.8 Å². The van der Waals surface area contributed by atoms with E-state index in [1.807, 2.05) is 0 Å². The molecule has 0 bridgehead atoms. The average Bonchev–Trinajstić information content (AvgIpc) is 3.22. The molecule has 0 atom stereocenters. The lowest BCUT2D eigenvalue weighted by molar-refractivity contribution is 0.101. The third kappa shape index (κ3) is 11.2. The maximum atomic E-state index is 14.6. The molecule has 6 aromatic carbocycles. The molecule has 0 aliphatic rings. The number of nitrogens with one attached hydrogen (secondary N) is 2. The Morgan fingerprint density at radius 3 is 0.878 bits per heavy atom. The summed E-state index contributed by atoms with van der Waals surface area (Å²) in [4.78, 5) is 30.6. The molecule has 396 valence electrons. The van der Waals surface area contributed by atoms with Crippen molar-refractivity contribution < 1.29 is 118 Å². The average molecular weight is 1190 g/mol. The minimum absolute atomic E-state index is 0.0999. The van der Waals surface area contributed by atoms with E-state index in [9.17, 15) is 118 Å². The van der Waals surface area contributed by atoms with Crippen molar-refractivity contribution in [3.63, 3.8) is 0 Å². The number of nitrogen functional groups attached to an aromatic ring is 2. The molecule has 6 aromatic rings. The van der Waals surface area contributed by atoms with E-state index in [1.165, 1.54) is 0 Å². The first-order valence-electron chi connectivity index (χ1n) is 18.4. The summed E-state index contributed by atoms with van der Waals surface area (Å²) in [6, 6.07) is 4.00. The number of fused-ring (bicyclic) bond motifs is 2.